The van der Waals surface area contributed by atoms with Crippen LogP contribution in [0.25, 0.3) is 0 Å². The molecule has 1 aliphatic rings. The fraction of sp³-hybridized carbons (Fsp3) is 0.367. The number of rotatable bonds is 10. The summed E-state index contributed by atoms with van der Waals surface area (Å²) in [5.41, 5.74) is -0.526. The number of aryl methyl sites for hydroxylation is 1. The fourth-order valence-corrected chi connectivity index (χ4v) is 5.14. The van der Waals surface area contributed by atoms with Crippen LogP contribution in [-0.2, 0) is 4.79 Å². The van der Waals surface area contributed by atoms with E-state index in [9.17, 15) is 23.9 Å². The lowest BCUT2D eigenvalue weighted by Crippen LogP contribution is -2.45. The van der Waals surface area contributed by atoms with E-state index in [2.05, 4.69) is 5.32 Å². The first kappa shape index (κ1) is 30.6. The Bertz CT molecular complexity index is 1500. The van der Waals surface area contributed by atoms with Gasteiger partial charge in [-0.1, -0.05) is 6.92 Å². The molecule has 3 aromatic rings. The van der Waals surface area contributed by atoms with Crippen molar-refractivity contribution in [1.82, 2.24) is 9.88 Å². The largest absolute Gasteiger partial charge is 0.497 e. The Morgan fingerprint density at radius 3 is 2.31 bits per heavy atom. The molecule has 9 nitrogen and oxygen atoms in total. The Morgan fingerprint density at radius 2 is 1.76 bits per heavy atom. The smallest absolute Gasteiger partial charge is 0.275 e. The average Bonchev–Trinajstić information content (AvgIpc) is 3.24. The second-order valence-corrected chi connectivity index (χ2v) is 10.0. The fourth-order valence-electron chi connectivity index (χ4n) is 5.14. The summed E-state index contributed by atoms with van der Waals surface area (Å²) in [5, 5.41) is 12.4. The Hall–Kier alpha value is -4.32. The molecule has 2 aromatic carbocycles. The number of benzene rings is 2. The van der Waals surface area contributed by atoms with Crippen LogP contribution in [0.5, 0.6) is 11.5 Å². The molecule has 224 valence electrons. The normalized spacial score (nSPS) is 18.1. The molecule has 4 atom stereocenters. The molecule has 1 fully saturated rings. The molecule has 1 saturated heterocycles. The van der Waals surface area contributed by atoms with Crippen LogP contribution in [0.3, 0.4) is 0 Å². The Morgan fingerprint density at radius 1 is 1.12 bits per heavy atom. The molecule has 1 aliphatic heterocycles. The maximum Gasteiger partial charge on any atom is 0.275 e. The minimum absolute atomic E-state index is 0.0210. The van der Waals surface area contributed by atoms with Gasteiger partial charge < -0.3 is 29.4 Å². The van der Waals surface area contributed by atoms with Crippen LogP contribution in [0.4, 0.5) is 18.9 Å². The van der Waals surface area contributed by atoms with Gasteiger partial charge in [0.25, 0.3) is 11.5 Å². The molecule has 0 radical (unpaired) electrons. The molecule has 42 heavy (non-hydrogen) atoms. The number of hydrogen-bond donors (Lipinski definition) is 2. The minimum atomic E-state index is -1.57. The number of methoxy groups -OCH3 is 1. The standard InChI is InChI=1S/C30H32F3N3O6/c1-5-19(15-37)35-11-10-16(2)27(30(35)40)36-14-22(25-23(32)12-21(41-4)13-24(25)33)26(29(36)39)34-28(38)18-6-8-20(9-7-18)42-17(3)31/h6-13,17,19,22,26,37H,5,14-15H2,1-4H3,(H,34,38)/t17?,19?,22-,26-/m0/s1. The van der Waals surface area contributed by atoms with Gasteiger partial charge >= 0.3 is 0 Å². The van der Waals surface area contributed by atoms with E-state index in [4.69, 9.17) is 9.47 Å². The average molecular weight is 588 g/mol. The number of aliphatic hydroxyl groups excluding tert-OH is 1. The maximum absolute atomic E-state index is 15.3. The van der Waals surface area contributed by atoms with Gasteiger partial charge in [-0.2, -0.15) is 0 Å². The molecule has 0 spiro atoms. The summed E-state index contributed by atoms with van der Waals surface area (Å²) in [7, 11) is 1.25. The van der Waals surface area contributed by atoms with Crippen LogP contribution in [0.2, 0.25) is 0 Å². The van der Waals surface area contributed by atoms with Crippen LogP contribution in [0.1, 0.15) is 53.7 Å². The van der Waals surface area contributed by atoms with Gasteiger partial charge in [-0.15, -0.1) is 0 Å². The van der Waals surface area contributed by atoms with Gasteiger partial charge in [0, 0.05) is 48.8 Å². The topological polar surface area (TPSA) is 110 Å². The lowest BCUT2D eigenvalue weighted by molar-refractivity contribution is -0.118. The van der Waals surface area contributed by atoms with Crippen molar-refractivity contribution in [3.05, 3.63) is 87.3 Å². The molecule has 2 N–H and O–H groups in total. The summed E-state index contributed by atoms with van der Waals surface area (Å²) in [5.74, 6) is -4.57. The number of carbonyl (C=O) groups excluding carboxylic acids is 2. The number of halogens is 3. The lowest BCUT2D eigenvalue weighted by atomic mass is 9.92. The van der Waals surface area contributed by atoms with Crippen molar-refractivity contribution in [2.75, 3.05) is 25.2 Å². The number of pyridine rings is 1. The summed E-state index contributed by atoms with van der Waals surface area (Å²) in [6.07, 6.45) is 0.380. The molecule has 0 bridgehead atoms. The number of amides is 2. The van der Waals surface area contributed by atoms with E-state index in [1.54, 1.807) is 19.9 Å². The first-order valence-corrected chi connectivity index (χ1v) is 13.4. The van der Waals surface area contributed by atoms with Gasteiger partial charge in [0.2, 0.25) is 12.3 Å². The molecular weight excluding hydrogens is 555 g/mol. The SMILES string of the molecule is CCC(CO)n1ccc(C)c(N2C[C@@H](c3c(F)cc(OC)cc3F)[C@H](NC(=O)c3ccc(OC(C)F)cc3)C2=O)c1=O. The lowest BCUT2D eigenvalue weighted by Gasteiger charge is -2.22. The number of nitrogens with one attached hydrogen (secondary N) is 1. The second-order valence-electron chi connectivity index (χ2n) is 10.0. The molecule has 0 saturated carbocycles. The zero-order valence-corrected chi connectivity index (χ0v) is 23.6. The number of hydrogen-bond acceptors (Lipinski definition) is 6. The van der Waals surface area contributed by atoms with Crippen molar-refractivity contribution >= 4 is 17.5 Å². The molecule has 12 heteroatoms. The van der Waals surface area contributed by atoms with Crippen molar-refractivity contribution in [3.63, 3.8) is 0 Å². The molecule has 1 aromatic heterocycles. The quantitative estimate of drug-likeness (QED) is 0.371. The predicted molar refractivity (Wildman–Crippen MR) is 149 cm³/mol. The predicted octanol–water partition coefficient (Wildman–Crippen LogP) is 4.01. The number of nitrogens with zero attached hydrogens (tertiary/aromatic N) is 2. The number of ether oxygens (including phenoxy) is 2. The van der Waals surface area contributed by atoms with E-state index in [1.165, 1.54) is 49.1 Å². The summed E-state index contributed by atoms with van der Waals surface area (Å²) < 4.78 is 55.0. The Kier molecular flexibility index (Phi) is 9.25. The van der Waals surface area contributed by atoms with Gasteiger partial charge in [0.1, 0.15) is 34.9 Å². The summed E-state index contributed by atoms with van der Waals surface area (Å²) >= 11 is 0. The van der Waals surface area contributed by atoms with Crippen molar-refractivity contribution < 1.29 is 37.3 Å². The number of aliphatic hydroxyl groups is 1. The first-order chi connectivity index (χ1) is 20.0. The first-order valence-electron chi connectivity index (χ1n) is 13.4. The molecule has 2 heterocycles. The van der Waals surface area contributed by atoms with Crippen LogP contribution in [0.15, 0.2) is 53.5 Å². The number of aromatic nitrogens is 1. The minimum Gasteiger partial charge on any atom is -0.497 e. The highest BCUT2D eigenvalue weighted by molar-refractivity contribution is 6.05. The maximum atomic E-state index is 15.3. The second kappa shape index (κ2) is 12.7. The van der Waals surface area contributed by atoms with Gasteiger partial charge in [-0.3, -0.25) is 14.4 Å². The Labute approximate surface area is 240 Å². The van der Waals surface area contributed by atoms with Gasteiger partial charge in [0.15, 0.2) is 0 Å². The van der Waals surface area contributed by atoms with Crippen LogP contribution >= 0.6 is 0 Å². The third-order valence-electron chi connectivity index (χ3n) is 7.32. The number of anilines is 1. The van der Waals surface area contributed by atoms with Crippen LogP contribution in [-0.4, -0.2) is 54.1 Å². The van der Waals surface area contributed by atoms with Crippen LogP contribution in [0, 0.1) is 18.6 Å². The molecule has 2 amide bonds. The third kappa shape index (κ3) is 5.98. The highest BCUT2D eigenvalue weighted by Crippen LogP contribution is 2.36. The van der Waals surface area contributed by atoms with Gasteiger partial charge in [-0.05, 0) is 49.2 Å². The van der Waals surface area contributed by atoms with Crippen molar-refractivity contribution in [3.8, 4) is 11.5 Å². The van der Waals surface area contributed by atoms with E-state index in [-0.39, 0.29) is 35.9 Å². The van der Waals surface area contributed by atoms with E-state index in [1.807, 2.05) is 0 Å². The zero-order chi connectivity index (χ0) is 30.7. The molecular formula is C30H32F3N3O6. The number of carbonyl (C=O) groups is 2. The highest BCUT2D eigenvalue weighted by atomic mass is 19.1. The molecule has 4 rings (SSSR count). The van der Waals surface area contributed by atoms with E-state index < -0.39 is 58.9 Å². The zero-order valence-electron chi connectivity index (χ0n) is 23.6. The monoisotopic (exact) mass is 587 g/mol. The molecule has 2 unspecified atom stereocenters. The van der Waals surface area contributed by atoms with Crippen molar-refractivity contribution in [1.29, 1.82) is 0 Å². The summed E-state index contributed by atoms with van der Waals surface area (Å²) in [6, 6.07) is 7.00. The highest BCUT2D eigenvalue weighted by Gasteiger charge is 2.46. The summed E-state index contributed by atoms with van der Waals surface area (Å²) in [6.45, 7) is 3.98. The van der Waals surface area contributed by atoms with Gasteiger partial charge in [0.05, 0.1) is 19.8 Å². The Balaban J connectivity index is 1.77. The number of alkyl halides is 1. The van der Waals surface area contributed by atoms with Crippen molar-refractivity contribution in [2.24, 2.45) is 0 Å². The van der Waals surface area contributed by atoms with Crippen LogP contribution < -0.4 is 25.2 Å². The van der Waals surface area contributed by atoms with E-state index in [0.29, 0.717) is 12.0 Å². The summed E-state index contributed by atoms with van der Waals surface area (Å²) in [4.78, 5) is 41.8. The van der Waals surface area contributed by atoms with Gasteiger partial charge in [-0.25, -0.2) is 13.2 Å². The third-order valence-corrected chi connectivity index (χ3v) is 7.32. The van der Waals surface area contributed by atoms with E-state index >= 15 is 8.78 Å². The van der Waals surface area contributed by atoms with E-state index in [0.717, 1.165) is 17.0 Å². The van der Waals surface area contributed by atoms with Crippen molar-refractivity contribution in [2.45, 2.75) is 51.6 Å². The molecule has 0 aliphatic carbocycles.